The Kier molecular flexibility index (Phi) is 8.16. The number of ether oxygens (including phenoxy) is 1. The van der Waals surface area contributed by atoms with E-state index in [4.69, 9.17) is 4.74 Å². The first kappa shape index (κ1) is 27.6. The molecule has 3 N–H and O–H groups in total. The van der Waals surface area contributed by atoms with Crippen LogP contribution in [0.5, 0.6) is 5.75 Å². The van der Waals surface area contributed by atoms with Crippen LogP contribution in [0.2, 0.25) is 0 Å². The highest BCUT2D eigenvalue weighted by Crippen LogP contribution is 2.43. The van der Waals surface area contributed by atoms with Crippen molar-refractivity contribution in [1.82, 2.24) is 20.2 Å². The van der Waals surface area contributed by atoms with Gasteiger partial charge in [-0.2, -0.15) is 0 Å². The van der Waals surface area contributed by atoms with E-state index in [1.165, 1.54) is 44.5 Å². The van der Waals surface area contributed by atoms with Gasteiger partial charge in [0, 0.05) is 55.3 Å². The van der Waals surface area contributed by atoms with Gasteiger partial charge in [0.1, 0.15) is 23.7 Å². The Labute approximate surface area is 240 Å². The summed E-state index contributed by atoms with van der Waals surface area (Å²) in [7, 11) is 0. The SMILES string of the molecule is Cc1cc(Nc2ncnc3cc(OCC4CCNC4)c(NC(=O)/C=C/CN4CC5(CCCCC5)C4)cc23)ccc1F. The number of nitrogens with zero attached hydrogens (tertiary/aromatic N) is 3. The molecule has 9 heteroatoms. The molecule has 3 fully saturated rings. The first-order valence-corrected chi connectivity index (χ1v) is 14.8. The first-order valence-electron chi connectivity index (χ1n) is 14.8. The molecule has 0 radical (unpaired) electrons. The van der Waals surface area contributed by atoms with Crippen molar-refractivity contribution in [3.05, 3.63) is 60.2 Å². The largest absolute Gasteiger partial charge is 0.491 e. The maximum Gasteiger partial charge on any atom is 0.248 e. The van der Waals surface area contributed by atoms with Crippen molar-refractivity contribution in [3.8, 4) is 5.75 Å². The van der Waals surface area contributed by atoms with Crippen molar-refractivity contribution in [2.45, 2.75) is 45.4 Å². The van der Waals surface area contributed by atoms with E-state index in [-0.39, 0.29) is 11.7 Å². The molecule has 2 aliphatic heterocycles. The van der Waals surface area contributed by atoms with Crippen molar-refractivity contribution in [3.63, 3.8) is 0 Å². The summed E-state index contributed by atoms with van der Waals surface area (Å²) in [6, 6.07) is 8.54. The summed E-state index contributed by atoms with van der Waals surface area (Å²) in [5, 5.41) is 10.4. The van der Waals surface area contributed by atoms with E-state index in [2.05, 4.69) is 30.8 Å². The van der Waals surface area contributed by atoms with Crippen LogP contribution < -0.4 is 20.7 Å². The summed E-state index contributed by atoms with van der Waals surface area (Å²) in [4.78, 5) is 24.3. The molecule has 1 saturated carbocycles. The maximum atomic E-state index is 13.8. The van der Waals surface area contributed by atoms with E-state index in [1.807, 2.05) is 18.2 Å². The third-order valence-electron chi connectivity index (χ3n) is 8.72. The topological polar surface area (TPSA) is 91.4 Å². The molecule has 1 unspecified atom stereocenters. The predicted molar refractivity (Wildman–Crippen MR) is 160 cm³/mol. The van der Waals surface area contributed by atoms with Crippen LogP contribution in [-0.4, -0.2) is 60.1 Å². The molecule has 3 heterocycles. The Bertz CT molecular complexity index is 1420. The lowest BCUT2D eigenvalue weighted by molar-refractivity contribution is -0.112. The van der Waals surface area contributed by atoms with Gasteiger partial charge in [-0.05, 0) is 68.0 Å². The number of hydrogen-bond acceptors (Lipinski definition) is 7. The molecule has 1 spiro atoms. The molecular formula is C32H39FN6O2. The van der Waals surface area contributed by atoms with Gasteiger partial charge in [-0.15, -0.1) is 0 Å². The zero-order valence-electron chi connectivity index (χ0n) is 23.7. The smallest absolute Gasteiger partial charge is 0.248 e. The fraction of sp³-hybridized carbons (Fsp3) is 0.469. The number of carbonyl (C=O) groups excluding carboxylic acids is 1. The monoisotopic (exact) mass is 558 g/mol. The van der Waals surface area contributed by atoms with Crippen molar-refractivity contribution in [2.24, 2.45) is 11.3 Å². The lowest BCUT2D eigenvalue weighted by Crippen LogP contribution is -2.56. The molecule has 6 rings (SSSR count). The molecule has 3 aliphatic rings. The quantitative estimate of drug-likeness (QED) is 0.296. The number of hydrogen-bond donors (Lipinski definition) is 3. The van der Waals surface area contributed by atoms with Crippen molar-refractivity contribution >= 4 is 34.0 Å². The molecule has 8 nitrogen and oxygen atoms in total. The minimum Gasteiger partial charge on any atom is -0.491 e. The number of nitrogens with one attached hydrogen (secondary N) is 3. The third kappa shape index (κ3) is 6.52. The van der Waals surface area contributed by atoms with Gasteiger partial charge < -0.3 is 20.7 Å². The summed E-state index contributed by atoms with van der Waals surface area (Å²) < 4.78 is 20.1. The number of rotatable bonds is 9. The molecule has 0 bridgehead atoms. The van der Waals surface area contributed by atoms with Crippen LogP contribution >= 0.6 is 0 Å². The zero-order chi connectivity index (χ0) is 28.2. The summed E-state index contributed by atoms with van der Waals surface area (Å²) >= 11 is 0. The van der Waals surface area contributed by atoms with Crippen LogP contribution in [0.3, 0.4) is 0 Å². The van der Waals surface area contributed by atoms with Crippen LogP contribution in [0.25, 0.3) is 10.9 Å². The highest BCUT2D eigenvalue weighted by molar-refractivity contribution is 6.03. The van der Waals surface area contributed by atoms with Gasteiger partial charge in [-0.1, -0.05) is 25.3 Å². The normalized spacial score (nSPS) is 20.4. The van der Waals surface area contributed by atoms with E-state index < -0.39 is 0 Å². The zero-order valence-corrected chi connectivity index (χ0v) is 23.7. The number of amides is 1. The number of carbonyl (C=O) groups is 1. The fourth-order valence-electron chi connectivity index (χ4n) is 6.46. The van der Waals surface area contributed by atoms with Crippen LogP contribution in [0, 0.1) is 24.1 Å². The Morgan fingerprint density at radius 1 is 1.20 bits per heavy atom. The molecule has 1 amide bonds. The molecule has 1 aliphatic carbocycles. The Morgan fingerprint density at radius 3 is 2.83 bits per heavy atom. The second-order valence-corrected chi connectivity index (χ2v) is 12.0. The number of aromatic nitrogens is 2. The molecule has 216 valence electrons. The first-order chi connectivity index (χ1) is 20.0. The average Bonchev–Trinajstić information content (AvgIpc) is 3.48. The number of fused-ring (bicyclic) bond motifs is 1. The van der Waals surface area contributed by atoms with Gasteiger partial charge in [0.15, 0.2) is 0 Å². The Hall–Kier alpha value is -3.56. The van der Waals surface area contributed by atoms with Gasteiger partial charge >= 0.3 is 0 Å². The lowest BCUT2D eigenvalue weighted by Gasteiger charge is -2.52. The second-order valence-electron chi connectivity index (χ2n) is 12.0. The van der Waals surface area contributed by atoms with Crippen molar-refractivity contribution < 1.29 is 13.9 Å². The van der Waals surface area contributed by atoms with Crippen LogP contribution in [0.15, 0.2) is 48.8 Å². The summed E-state index contributed by atoms with van der Waals surface area (Å²) in [6.45, 7) is 7.25. The van der Waals surface area contributed by atoms with Gasteiger partial charge in [0.2, 0.25) is 5.91 Å². The average molecular weight is 559 g/mol. The molecule has 3 aromatic rings. The van der Waals surface area contributed by atoms with Crippen LogP contribution in [0.4, 0.5) is 21.6 Å². The van der Waals surface area contributed by atoms with E-state index in [0.29, 0.717) is 52.0 Å². The summed E-state index contributed by atoms with van der Waals surface area (Å²) in [5.74, 6) is 1.10. The molecular weight excluding hydrogens is 519 g/mol. The van der Waals surface area contributed by atoms with Crippen LogP contribution in [-0.2, 0) is 4.79 Å². The van der Waals surface area contributed by atoms with Gasteiger partial charge in [-0.25, -0.2) is 14.4 Å². The van der Waals surface area contributed by atoms with Crippen molar-refractivity contribution in [2.75, 3.05) is 50.0 Å². The number of aryl methyl sites for hydroxylation is 1. The minimum atomic E-state index is -0.261. The predicted octanol–water partition coefficient (Wildman–Crippen LogP) is 5.57. The molecule has 2 aromatic carbocycles. The van der Waals surface area contributed by atoms with E-state index in [0.717, 1.165) is 44.5 Å². The van der Waals surface area contributed by atoms with Gasteiger partial charge in [0.25, 0.3) is 0 Å². The standard InChI is InChI=1S/C32H39FN6O2/c1-22-14-24(7-8-26(22)33)37-31-25-15-28(29(16-27(25)35-21-36-31)41-18-23-9-12-34-17-23)38-30(40)6-5-13-39-19-32(20-39)10-3-2-4-11-32/h5-8,14-16,21,23,34H,2-4,9-13,17-20H2,1H3,(H,38,40)(H,35,36,37)/b6-5+. The minimum absolute atomic E-state index is 0.204. The van der Waals surface area contributed by atoms with E-state index >= 15 is 0 Å². The van der Waals surface area contributed by atoms with E-state index in [9.17, 15) is 9.18 Å². The van der Waals surface area contributed by atoms with E-state index in [1.54, 1.807) is 25.1 Å². The maximum absolute atomic E-state index is 13.8. The Balaban J connectivity index is 1.18. The Morgan fingerprint density at radius 2 is 2.05 bits per heavy atom. The molecule has 1 atom stereocenters. The summed E-state index contributed by atoms with van der Waals surface area (Å²) in [6.07, 6.45) is 12.9. The highest BCUT2D eigenvalue weighted by Gasteiger charge is 2.42. The number of anilines is 3. The third-order valence-corrected chi connectivity index (χ3v) is 8.72. The number of halogens is 1. The van der Waals surface area contributed by atoms with Gasteiger partial charge in [0.05, 0.1) is 17.8 Å². The highest BCUT2D eigenvalue weighted by atomic mass is 19.1. The number of benzene rings is 2. The van der Waals surface area contributed by atoms with Crippen LogP contribution in [0.1, 0.15) is 44.1 Å². The molecule has 1 aromatic heterocycles. The molecule has 2 saturated heterocycles. The number of likely N-dealkylation sites (tertiary alicyclic amines) is 1. The van der Waals surface area contributed by atoms with Gasteiger partial charge in [-0.3, -0.25) is 9.69 Å². The molecule has 41 heavy (non-hydrogen) atoms. The fourth-order valence-corrected chi connectivity index (χ4v) is 6.46. The lowest BCUT2D eigenvalue weighted by atomic mass is 9.69. The summed E-state index contributed by atoms with van der Waals surface area (Å²) in [5.41, 5.74) is 3.03. The second kappa shape index (κ2) is 12.1. The van der Waals surface area contributed by atoms with Crippen molar-refractivity contribution in [1.29, 1.82) is 0 Å².